The Morgan fingerprint density at radius 1 is 1.21 bits per heavy atom. The van der Waals surface area contributed by atoms with Crippen molar-refractivity contribution in [3.05, 3.63) is 17.5 Å². The first-order chi connectivity index (χ1) is 9.21. The Morgan fingerprint density at radius 2 is 1.95 bits per heavy atom. The number of nitrogens with one attached hydrogen (secondary N) is 1. The number of hydrogen-bond acceptors (Lipinski definition) is 2. The van der Waals surface area contributed by atoms with Crippen LogP contribution in [0.15, 0.2) is 6.07 Å². The first-order valence-corrected chi connectivity index (χ1v) is 7.90. The molecule has 0 radical (unpaired) electrons. The third-order valence-corrected chi connectivity index (χ3v) is 3.91. The highest BCUT2D eigenvalue weighted by molar-refractivity contribution is 5.11. The third-order valence-electron chi connectivity index (χ3n) is 3.91. The molecule has 0 spiro atoms. The second-order valence-electron chi connectivity index (χ2n) is 5.50. The zero-order valence-electron chi connectivity index (χ0n) is 13.2. The molecule has 1 rings (SSSR count). The second kappa shape index (κ2) is 9.13. The molecule has 110 valence electrons. The fourth-order valence-corrected chi connectivity index (χ4v) is 2.53. The maximum Gasteiger partial charge on any atom is 0.0624 e. The van der Waals surface area contributed by atoms with E-state index in [-0.39, 0.29) is 0 Å². The Kier molecular flexibility index (Phi) is 7.80. The first kappa shape index (κ1) is 16.2. The predicted octanol–water partition coefficient (Wildman–Crippen LogP) is 3.47. The molecule has 0 fully saturated rings. The molecule has 0 saturated carbocycles. The fraction of sp³-hybridized carbons (Fsp3) is 0.812. The van der Waals surface area contributed by atoms with Crippen molar-refractivity contribution in [1.82, 2.24) is 15.1 Å². The molecule has 1 aromatic heterocycles. The molecule has 1 heterocycles. The summed E-state index contributed by atoms with van der Waals surface area (Å²) in [7, 11) is 4.14. The molecule has 1 unspecified atom stereocenters. The molecule has 1 aromatic rings. The van der Waals surface area contributed by atoms with Gasteiger partial charge in [0, 0.05) is 25.2 Å². The van der Waals surface area contributed by atoms with E-state index in [0.717, 1.165) is 12.8 Å². The SMILES string of the molecule is CCCCCCCC(Cc1cc(CC)nn1C)NC. The minimum Gasteiger partial charge on any atom is -0.317 e. The van der Waals surface area contributed by atoms with Gasteiger partial charge in [0.1, 0.15) is 0 Å². The Labute approximate surface area is 118 Å². The zero-order valence-corrected chi connectivity index (χ0v) is 13.2. The van der Waals surface area contributed by atoms with Crippen molar-refractivity contribution in [2.75, 3.05) is 7.05 Å². The van der Waals surface area contributed by atoms with Crippen molar-refractivity contribution < 1.29 is 0 Å². The van der Waals surface area contributed by atoms with Crippen LogP contribution in [-0.4, -0.2) is 22.9 Å². The van der Waals surface area contributed by atoms with Crippen LogP contribution in [0.5, 0.6) is 0 Å². The highest BCUT2D eigenvalue weighted by atomic mass is 15.3. The van der Waals surface area contributed by atoms with Gasteiger partial charge in [-0.25, -0.2) is 0 Å². The van der Waals surface area contributed by atoms with Gasteiger partial charge < -0.3 is 5.32 Å². The average molecular weight is 265 g/mol. The average Bonchev–Trinajstić information content (AvgIpc) is 2.77. The number of unbranched alkanes of at least 4 members (excludes halogenated alkanes) is 4. The van der Waals surface area contributed by atoms with Crippen molar-refractivity contribution in [3.8, 4) is 0 Å². The van der Waals surface area contributed by atoms with E-state index in [2.05, 4.69) is 44.4 Å². The van der Waals surface area contributed by atoms with Crippen LogP contribution in [0.2, 0.25) is 0 Å². The predicted molar refractivity (Wildman–Crippen MR) is 82.5 cm³/mol. The van der Waals surface area contributed by atoms with E-state index >= 15 is 0 Å². The molecule has 19 heavy (non-hydrogen) atoms. The molecule has 0 aliphatic rings. The number of likely N-dealkylation sites (N-methyl/N-ethyl adjacent to an activating group) is 1. The van der Waals surface area contributed by atoms with Gasteiger partial charge in [-0.05, 0) is 26.0 Å². The molecule has 3 heteroatoms. The number of nitrogens with zero attached hydrogens (tertiary/aromatic N) is 2. The van der Waals surface area contributed by atoms with Crippen molar-refractivity contribution in [1.29, 1.82) is 0 Å². The van der Waals surface area contributed by atoms with Crippen molar-refractivity contribution in [2.24, 2.45) is 7.05 Å². The van der Waals surface area contributed by atoms with Crippen LogP contribution in [-0.2, 0) is 19.9 Å². The minimum atomic E-state index is 0.585. The van der Waals surface area contributed by atoms with Gasteiger partial charge >= 0.3 is 0 Å². The molecule has 0 aliphatic heterocycles. The lowest BCUT2D eigenvalue weighted by atomic mass is 10.0. The summed E-state index contributed by atoms with van der Waals surface area (Å²) in [6.45, 7) is 4.43. The second-order valence-corrected chi connectivity index (χ2v) is 5.50. The smallest absolute Gasteiger partial charge is 0.0624 e. The quantitative estimate of drug-likeness (QED) is 0.656. The Balaban J connectivity index is 2.36. The molecule has 1 N–H and O–H groups in total. The van der Waals surface area contributed by atoms with Gasteiger partial charge in [0.05, 0.1) is 5.69 Å². The van der Waals surface area contributed by atoms with Crippen molar-refractivity contribution in [2.45, 2.75) is 71.3 Å². The van der Waals surface area contributed by atoms with E-state index in [1.54, 1.807) is 0 Å². The monoisotopic (exact) mass is 265 g/mol. The van der Waals surface area contributed by atoms with Gasteiger partial charge in [0.2, 0.25) is 0 Å². The van der Waals surface area contributed by atoms with Crippen LogP contribution in [0.1, 0.15) is 63.8 Å². The Hall–Kier alpha value is -0.830. The van der Waals surface area contributed by atoms with Gasteiger partial charge in [0.15, 0.2) is 0 Å². The summed E-state index contributed by atoms with van der Waals surface area (Å²) in [6, 6.07) is 2.84. The summed E-state index contributed by atoms with van der Waals surface area (Å²) in [6.07, 6.45) is 10.2. The maximum absolute atomic E-state index is 4.53. The topological polar surface area (TPSA) is 29.9 Å². The van der Waals surface area contributed by atoms with Crippen LogP contribution in [0.4, 0.5) is 0 Å². The molecule has 1 atom stereocenters. The van der Waals surface area contributed by atoms with E-state index in [0.29, 0.717) is 6.04 Å². The highest BCUT2D eigenvalue weighted by Gasteiger charge is 2.11. The largest absolute Gasteiger partial charge is 0.317 e. The van der Waals surface area contributed by atoms with Gasteiger partial charge in [0.25, 0.3) is 0 Å². The van der Waals surface area contributed by atoms with E-state index in [4.69, 9.17) is 0 Å². The van der Waals surface area contributed by atoms with E-state index in [1.165, 1.54) is 49.9 Å². The van der Waals surface area contributed by atoms with Crippen molar-refractivity contribution in [3.63, 3.8) is 0 Å². The number of rotatable bonds is 10. The van der Waals surface area contributed by atoms with Crippen LogP contribution in [0, 0.1) is 0 Å². The van der Waals surface area contributed by atoms with E-state index in [1.807, 2.05) is 4.68 Å². The molecule has 0 bridgehead atoms. The molecule has 3 nitrogen and oxygen atoms in total. The van der Waals surface area contributed by atoms with E-state index < -0.39 is 0 Å². The van der Waals surface area contributed by atoms with Gasteiger partial charge in [-0.2, -0.15) is 5.10 Å². The standard InChI is InChI=1S/C16H31N3/c1-5-7-8-9-10-11-15(17-3)13-16-12-14(6-2)18-19(16)4/h12,15,17H,5-11,13H2,1-4H3. The number of aromatic nitrogens is 2. The van der Waals surface area contributed by atoms with Gasteiger partial charge in [-0.3, -0.25) is 4.68 Å². The minimum absolute atomic E-state index is 0.585. The number of hydrogen-bond donors (Lipinski definition) is 1. The lowest BCUT2D eigenvalue weighted by Gasteiger charge is -2.16. The maximum atomic E-state index is 4.53. The first-order valence-electron chi connectivity index (χ1n) is 7.90. The molecule has 0 aromatic carbocycles. The molecule has 0 aliphatic carbocycles. The summed E-state index contributed by atoms with van der Waals surface area (Å²) in [5, 5.41) is 7.98. The van der Waals surface area contributed by atoms with Crippen LogP contribution >= 0.6 is 0 Å². The molecular formula is C16H31N3. The number of aryl methyl sites for hydroxylation is 2. The normalized spacial score (nSPS) is 12.8. The molecular weight excluding hydrogens is 234 g/mol. The summed E-state index contributed by atoms with van der Waals surface area (Å²) < 4.78 is 2.04. The van der Waals surface area contributed by atoms with Crippen molar-refractivity contribution >= 4 is 0 Å². The van der Waals surface area contributed by atoms with Gasteiger partial charge in [-0.15, -0.1) is 0 Å². The summed E-state index contributed by atoms with van der Waals surface area (Å²) >= 11 is 0. The van der Waals surface area contributed by atoms with Crippen LogP contribution in [0.25, 0.3) is 0 Å². The van der Waals surface area contributed by atoms with Crippen LogP contribution < -0.4 is 5.32 Å². The molecule has 0 saturated heterocycles. The van der Waals surface area contributed by atoms with Crippen LogP contribution in [0.3, 0.4) is 0 Å². The lowest BCUT2D eigenvalue weighted by Crippen LogP contribution is -2.28. The highest BCUT2D eigenvalue weighted by Crippen LogP contribution is 2.12. The summed E-state index contributed by atoms with van der Waals surface area (Å²) in [4.78, 5) is 0. The Bertz CT molecular complexity index is 344. The van der Waals surface area contributed by atoms with E-state index in [9.17, 15) is 0 Å². The lowest BCUT2D eigenvalue weighted by molar-refractivity contribution is 0.471. The Morgan fingerprint density at radius 3 is 2.53 bits per heavy atom. The fourth-order valence-electron chi connectivity index (χ4n) is 2.53. The zero-order chi connectivity index (χ0) is 14.1. The summed E-state index contributed by atoms with van der Waals surface area (Å²) in [5.74, 6) is 0. The van der Waals surface area contributed by atoms with Gasteiger partial charge in [-0.1, -0.05) is 46.0 Å². The molecule has 0 amide bonds. The third kappa shape index (κ3) is 5.77. The summed E-state index contributed by atoms with van der Waals surface area (Å²) in [5.41, 5.74) is 2.56.